The van der Waals surface area contributed by atoms with Gasteiger partial charge in [0.1, 0.15) is 5.75 Å². The second-order valence-electron chi connectivity index (χ2n) is 4.18. The summed E-state index contributed by atoms with van der Waals surface area (Å²) >= 11 is 5.88. The van der Waals surface area contributed by atoms with Crippen LogP contribution in [0.25, 0.3) is 0 Å². The van der Waals surface area contributed by atoms with Crippen LogP contribution in [0, 0.1) is 0 Å². The van der Waals surface area contributed by atoms with Gasteiger partial charge < -0.3 is 20.5 Å². The third-order valence-corrected chi connectivity index (χ3v) is 2.77. The van der Waals surface area contributed by atoms with Crippen molar-refractivity contribution in [2.45, 2.75) is 19.4 Å². The molecule has 3 N–H and O–H groups in total. The van der Waals surface area contributed by atoms with E-state index in [0.29, 0.717) is 29.4 Å². The molecule has 0 spiro atoms. The first kappa shape index (κ1) is 15.8. The molecule has 1 unspecified atom stereocenters. The van der Waals surface area contributed by atoms with Gasteiger partial charge in [-0.3, -0.25) is 4.79 Å². The Hall–Kier alpha value is -1.30. The molecular formula is C13H19ClN2O3. The van der Waals surface area contributed by atoms with Gasteiger partial charge in [0.05, 0.1) is 19.4 Å². The van der Waals surface area contributed by atoms with Crippen LogP contribution in [-0.2, 0) is 4.79 Å². The molecule has 0 saturated heterocycles. The molecule has 0 aliphatic heterocycles. The summed E-state index contributed by atoms with van der Waals surface area (Å²) in [6.45, 7) is 2.40. The number of anilines is 1. The van der Waals surface area contributed by atoms with Crippen molar-refractivity contribution in [1.82, 2.24) is 5.32 Å². The molecule has 1 rings (SSSR count). The van der Waals surface area contributed by atoms with Gasteiger partial charge in [-0.2, -0.15) is 0 Å². The van der Waals surface area contributed by atoms with E-state index in [1.807, 2.05) is 6.92 Å². The zero-order valence-corrected chi connectivity index (χ0v) is 11.8. The van der Waals surface area contributed by atoms with Crippen LogP contribution >= 0.6 is 11.6 Å². The van der Waals surface area contributed by atoms with Crippen LogP contribution in [-0.4, -0.2) is 37.3 Å². The predicted octanol–water partition coefficient (Wildman–Crippen LogP) is 1.65. The van der Waals surface area contributed by atoms with Crippen LogP contribution in [0.5, 0.6) is 5.75 Å². The average Bonchev–Trinajstić information content (AvgIpc) is 2.36. The number of aliphatic hydroxyl groups excluding tert-OH is 1. The third kappa shape index (κ3) is 5.46. The van der Waals surface area contributed by atoms with Gasteiger partial charge in [0, 0.05) is 24.0 Å². The lowest BCUT2D eigenvalue weighted by Gasteiger charge is -2.14. The number of amides is 1. The molecule has 0 aliphatic carbocycles. The first-order chi connectivity index (χ1) is 9.06. The fraction of sp³-hybridized carbons (Fsp3) is 0.462. The van der Waals surface area contributed by atoms with Crippen LogP contribution in [0.1, 0.15) is 13.3 Å². The van der Waals surface area contributed by atoms with Gasteiger partial charge >= 0.3 is 0 Å². The van der Waals surface area contributed by atoms with Gasteiger partial charge in [0.2, 0.25) is 5.91 Å². The van der Waals surface area contributed by atoms with E-state index in [4.69, 9.17) is 21.4 Å². The van der Waals surface area contributed by atoms with Crippen LogP contribution in [0.3, 0.4) is 0 Å². The number of hydrogen-bond acceptors (Lipinski definition) is 4. The fourth-order valence-electron chi connectivity index (χ4n) is 1.64. The molecule has 0 radical (unpaired) electrons. The maximum absolute atomic E-state index is 11.9. The smallest absolute Gasteiger partial charge is 0.226 e. The van der Waals surface area contributed by atoms with Crippen molar-refractivity contribution in [3.05, 3.63) is 23.2 Å². The molecule has 0 aliphatic rings. The number of hydrogen-bond donors (Lipinski definition) is 3. The molecule has 1 aromatic carbocycles. The number of rotatable bonds is 7. The highest BCUT2D eigenvalue weighted by atomic mass is 35.5. The SMILES string of the molecule is COc1ccc(Cl)cc1NC(=O)CC(C)NCCO. The zero-order valence-electron chi connectivity index (χ0n) is 11.1. The number of aliphatic hydroxyl groups is 1. The van der Waals surface area contributed by atoms with Gasteiger partial charge in [-0.1, -0.05) is 11.6 Å². The second kappa shape index (κ2) is 7.99. The summed E-state index contributed by atoms with van der Waals surface area (Å²) in [7, 11) is 1.53. The minimum atomic E-state index is -0.140. The van der Waals surface area contributed by atoms with E-state index in [2.05, 4.69) is 10.6 Å². The summed E-state index contributed by atoms with van der Waals surface area (Å²) in [5.41, 5.74) is 0.550. The molecule has 5 nitrogen and oxygen atoms in total. The molecule has 1 amide bonds. The molecule has 106 valence electrons. The molecule has 1 aromatic rings. The Bertz CT molecular complexity index is 426. The minimum Gasteiger partial charge on any atom is -0.495 e. The normalized spacial score (nSPS) is 12.0. The van der Waals surface area contributed by atoms with Crippen molar-refractivity contribution in [3.8, 4) is 5.75 Å². The van der Waals surface area contributed by atoms with E-state index < -0.39 is 0 Å². The number of nitrogens with one attached hydrogen (secondary N) is 2. The Labute approximate surface area is 117 Å². The van der Waals surface area contributed by atoms with Gasteiger partial charge in [0.15, 0.2) is 0 Å². The van der Waals surface area contributed by atoms with E-state index in [0.717, 1.165) is 0 Å². The molecule has 0 bridgehead atoms. The van der Waals surface area contributed by atoms with Crippen LogP contribution in [0.2, 0.25) is 5.02 Å². The van der Waals surface area contributed by atoms with Crippen LogP contribution in [0.4, 0.5) is 5.69 Å². The minimum absolute atomic E-state index is 0.0164. The van der Waals surface area contributed by atoms with Crippen molar-refractivity contribution >= 4 is 23.2 Å². The highest BCUT2D eigenvalue weighted by Gasteiger charge is 2.11. The lowest BCUT2D eigenvalue weighted by atomic mass is 10.2. The summed E-state index contributed by atoms with van der Waals surface area (Å²) in [5, 5.41) is 15.0. The largest absolute Gasteiger partial charge is 0.495 e. The third-order valence-electron chi connectivity index (χ3n) is 2.53. The quantitative estimate of drug-likeness (QED) is 0.713. The number of ether oxygens (including phenoxy) is 1. The standard InChI is InChI=1S/C13H19ClN2O3/c1-9(15-5-6-17)7-13(18)16-11-8-10(14)3-4-12(11)19-2/h3-4,8-9,15,17H,5-7H2,1-2H3,(H,16,18). The van der Waals surface area contributed by atoms with Gasteiger partial charge in [0.25, 0.3) is 0 Å². The van der Waals surface area contributed by atoms with E-state index in [1.54, 1.807) is 18.2 Å². The fourth-order valence-corrected chi connectivity index (χ4v) is 1.81. The molecule has 0 aromatic heterocycles. The molecule has 6 heteroatoms. The van der Waals surface area contributed by atoms with E-state index in [-0.39, 0.29) is 18.6 Å². The van der Waals surface area contributed by atoms with Gasteiger partial charge in [-0.15, -0.1) is 0 Å². The number of halogens is 1. The predicted molar refractivity (Wildman–Crippen MR) is 75.8 cm³/mol. The summed E-state index contributed by atoms with van der Waals surface area (Å²) in [6.07, 6.45) is 0.301. The monoisotopic (exact) mass is 286 g/mol. The molecule has 0 saturated carbocycles. The second-order valence-corrected chi connectivity index (χ2v) is 4.61. The average molecular weight is 287 g/mol. The lowest BCUT2D eigenvalue weighted by Crippen LogP contribution is -2.32. The van der Waals surface area contributed by atoms with Crippen molar-refractivity contribution in [2.75, 3.05) is 25.6 Å². The van der Waals surface area contributed by atoms with E-state index >= 15 is 0 Å². The van der Waals surface area contributed by atoms with E-state index in [1.165, 1.54) is 7.11 Å². The first-order valence-corrected chi connectivity index (χ1v) is 6.42. The van der Waals surface area contributed by atoms with Crippen LogP contribution in [0.15, 0.2) is 18.2 Å². The topological polar surface area (TPSA) is 70.6 Å². The number of methoxy groups -OCH3 is 1. The van der Waals surface area contributed by atoms with Crippen molar-refractivity contribution in [1.29, 1.82) is 0 Å². The maximum Gasteiger partial charge on any atom is 0.226 e. The van der Waals surface area contributed by atoms with Gasteiger partial charge in [-0.05, 0) is 25.1 Å². The molecule has 0 heterocycles. The van der Waals surface area contributed by atoms with Crippen molar-refractivity contribution < 1.29 is 14.6 Å². The first-order valence-electron chi connectivity index (χ1n) is 6.04. The number of carbonyl (C=O) groups excluding carboxylic acids is 1. The molecular weight excluding hydrogens is 268 g/mol. The summed E-state index contributed by atoms with van der Waals surface area (Å²) in [5.74, 6) is 0.423. The molecule has 19 heavy (non-hydrogen) atoms. The highest BCUT2D eigenvalue weighted by molar-refractivity contribution is 6.31. The number of carbonyl (C=O) groups is 1. The Kier molecular flexibility index (Phi) is 6.62. The van der Waals surface area contributed by atoms with Crippen molar-refractivity contribution in [2.24, 2.45) is 0 Å². The highest BCUT2D eigenvalue weighted by Crippen LogP contribution is 2.27. The summed E-state index contributed by atoms with van der Waals surface area (Å²) < 4.78 is 5.15. The Morgan fingerprint density at radius 1 is 1.53 bits per heavy atom. The summed E-state index contributed by atoms with van der Waals surface area (Å²) in [6, 6.07) is 5.02. The Morgan fingerprint density at radius 3 is 2.89 bits per heavy atom. The van der Waals surface area contributed by atoms with E-state index in [9.17, 15) is 4.79 Å². The maximum atomic E-state index is 11.9. The lowest BCUT2D eigenvalue weighted by molar-refractivity contribution is -0.116. The molecule has 1 atom stereocenters. The summed E-state index contributed by atoms with van der Waals surface area (Å²) in [4.78, 5) is 11.9. The Morgan fingerprint density at radius 2 is 2.26 bits per heavy atom. The van der Waals surface area contributed by atoms with Crippen molar-refractivity contribution in [3.63, 3.8) is 0 Å². The molecule has 0 fully saturated rings. The Balaban J connectivity index is 2.59. The van der Waals surface area contributed by atoms with Gasteiger partial charge in [-0.25, -0.2) is 0 Å². The number of benzene rings is 1. The van der Waals surface area contributed by atoms with Crippen LogP contribution < -0.4 is 15.4 Å². The zero-order chi connectivity index (χ0) is 14.3.